The molecule has 0 spiro atoms. The van der Waals surface area contributed by atoms with Gasteiger partial charge in [0, 0.05) is 6.07 Å². The Morgan fingerprint density at radius 1 is 1.37 bits per heavy atom. The lowest BCUT2D eigenvalue weighted by atomic mass is 10.2. The second-order valence-electron chi connectivity index (χ2n) is 3.25. The van der Waals surface area contributed by atoms with Crippen LogP contribution < -0.4 is 5.73 Å². The molecule has 0 bridgehead atoms. The third-order valence-corrected chi connectivity index (χ3v) is 2.01. The molecule has 5 nitrogen and oxygen atoms in total. The fourth-order valence-corrected chi connectivity index (χ4v) is 1.22. The number of nitrogens with zero attached hydrogens (tertiary/aromatic N) is 2. The zero-order valence-corrected chi connectivity index (χ0v) is 10.9. The van der Waals surface area contributed by atoms with E-state index in [0.717, 1.165) is 12.5 Å². The molecule has 0 saturated heterocycles. The van der Waals surface area contributed by atoms with E-state index in [4.69, 9.17) is 10.2 Å². The lowest BCUT2D eigenvalue weighted by molar-refractivity contribution is 0.0995. The standard InChI is InChI=1S/C10H7F2N3O2.2ClH/c11-5-1-6(12)7(14-3-5)2-9-15-8(4-17-9)10(13)16;;/h1,3-4H,2H2,(H2,13,16);2*1H. The Bertz CT molecular complexity index is 578. The van der Waals surface area contributed by atoms with Crippen molar-refractivity contribution in [2.24, 2.45) is 5.73 Å². The fraction of sp³-hybridized carbons (Fsp3) is 0.100. The van der Waals surface area contributed by atoms with Crippen molar-refractivity contribution in [1.29, 1.82) is 0 Å². The van der Waals surface area contributed by atoms with Gasteiger partial charge < -0.3 is 10.2 Å². The smallest absolute Gasteiger partial charge is 0.270 e. The van der Waals surface area contributed by atoms with Gasteiger partial charge in [0.15, 0.2) is 5.69 Å². The molecule has 2 aromatic rings. The lowest BCUT2D eigenvalue weighted by Crippen LogP contribution is -2.11. The highest BCUT2D eigenvalue weighted by Crippen LogP contribution is 2.11. The highest BCUT2D eigenvalue weighted by molar-refractivity contribution is 5.90. The van der Waals surface area contributed by atoms with Crippen LogP contribution in [0.5, 0.6) is 0 Å². The summed E-state index contributed by atoms with van der Waals surface area (Å²) in [7, 11) is 0. The quantitative estimate of drug-likeness (QED) is 0.938. The summed E-state index contributed by atoms with van der Waals surface area (Å²) in [5, 5.41) is 0. The number of hydrogen-bond acceptors (Lipinski definition) is 4. The third-order valence-electron chi connectivity index (χ3n) is 2.01. The van der Waals surface area contributed by atoms with Gasteiger partial charge >= 0.3 is 0 Å². The minimum absolute atomic E-state index is 0. The minimum atomic E-state index is -0.802. The second kappa shape index (κ2) is 7.01. The zero-order valence-electron chi connectivity index (χ0n) is 9.30. The van der Waals surface area contributed by atoms with E-state index >= 15 is 0 Å². The first-order valence-corrected chi connectivity index (χ1v) is 4.60. The van der Waals surface area contributed by atoms with Gasteiger partial charge in [0.05, 0.1) is 18.3 Å². The first-order chi connectivity index (χ1) is 8.06. The van der Waals surface area contributed by atoms with Gasteiger partial charge in [0.25, 0.3) is 5.91 Å². The van der Waals surface area contributed by atoms with Gasteiger partial charge in [-0.25, -0.2) is 13.8 Å². The van der Waals surface area contributed by atoms with Crippen LogP contribution >= 0.6 is 24.8 Å². The Morgan fingerprint density at radius 3 is 2.58 bits per heavy atom. The van der Waals surface area contributed by atoms with Crippen molar-refractivity contribution in [3.63, 3.8) is 0 Å². The minimum Gasteiger partial charge on any atom is -0.448 e. The number of carbonyl (C=O) groups is 1. The molecule has 1 amide bonds. The number of primary amides is 1. The van der Waals surface area contributed by atoms with Gasteiger partial charge in [0.2, 0.25) is 5.89 Å². The van der Waals surface area contributed by atoms with Gasteiger partial charge in [-0.1, -0.05) is 0 Å². The molecule has 104 valence electrons. The summed E-state index contributed by atoms with van der Waals surface area (Å²) in [6.45, 7) is 0. The number of pyridine rings is 1. The average molecular weight is 312 g/mol. The maximum Gasteiger partial charge on any atom is 0.270 e. The summed E-state index contributed by atoms with van der Waals surface area (Å²) in [5.41, 5.74) is 4.89. The number of oxazole rings is 1. The van der Waals surface area contributed by atoms with Gasteiger partial charge in [-0.3, -0.25) is 9.78 Å². The molecule has 0 aliphatic rings. The summed E-state index contributed by atoms with van der Waals surface area (Å²) < 4.78 is 30.7. The molecule has 0 saturated carbocycles. The molecule has 2 aromatic heterocycles. The van der Waals surface area contributed by atoms with Crippen molar-refractivity contribution in [2.45, 2.75) is 6.42 Å². The SMILES string of the molecule is Cl.Cl.NC(=O)c1coc(Cc2ncc(F)cc2F)n1. The maximum atomic E-state index is 13.2. The van der Waals surface area contributed by atoms with E-state index in [1.165, 1.54) is 0 Å². The molecule has 9 heteroatoms. The predicted octanol–water partition coefficient (Wildman–Crippen LogP) is 1.88. The maximum absolute atomic E-state index is 13.2. The van der Waals surface area contributed by atoms with E-state index in [1.807, 2.05) is 0 Å². The Balaban J connectivity index is 0.00000162. The summed E-state index contributed by atoms with van der Waals surface area (Å²) in [6.07, 6.45) is 1.87. The van der Waals surface area contributed by atoms with Crippen molar-refractivity contribution in [3.05, 3.63) is 47.4 Å². The van der Waals surface area contributed by atoms with Crippen LogP contribution in [0.4, 0.5) is 8.78 Å². The summed E-state index contributed by atoms with van der Waals surface area (Å²) in [6, 6.07) is 0.709. The molecule has 0 aromatic carbocycles. The van der Waals surface area contributed by atoms with Crippen molar-refractivity contribution >= 4 is 30.7 Å². The van der Waals surface area contributed by atoms with Crippen molar-refractivity contribution in [2.75, 3.05) is 0 Å². The van der Waals surface area contributed by atoms with E-state index in [9.17, 15) is 13.6 Å². The first kappa shape index (κ1) is 17.3. The van der Waals surface area contributed by atoms with Crippen molar-refractivity contribution in [1.82, 2.24) is 9.97 Å². The van der Waals surface area contributed by atoms with E-state index < -0.39 is 17.5 Å². The van der Waals surface area contributed by atoms with Crippen molar-refractivity contribution in [3.8, 4) is 0 Å². The number of hydrogen-bond donors (Lipinski definition) is 1. The number of nitrogens with two attached hydrogens (primary N) is 1. The number of aromatic nitrogens is 2. The molecular formula is C10H9Cl2F2N3O2. The Morgan fingerprint density at radius 2 is 2.05 bits per heavy atom. The van der Waals surface area contributed by atoms with E-state index in [2.05, 4.69) is 9.97 Å². The lowest BCUT2D eigenvalue weighted by Gasteiger charge is -1.98. The van der Waals surface area contributed by atoms with Crippen LogP contribution in [0.3, 0.4) is 0 Å². The number of carbonyl (C=O) groups excluding carboxylic acids is 1. The molecule has 0 aliphatic carbocycles. The average Bonchev–Trinajstić information content (AvgIpc) is 2.71. The number of amides is 1. The third kappa shape index (κ3) is 4.15. The zero-order chi connectivity index (χ0) is 12.4. The highest BCUT2D eigenvalue weighted by atomic mass is 35.5. The van der Waals surface area contributed by atoms with Gasteiger partial charge in [-0.15, -0.1) is 24.8 Å². The molecule has 0 aliphatic heterocycles. The summed E-state index contributed by atoms with van der Waals surface area (Å²) in [5.74, 6) is -2.23. The van der Waals surface area contributed by atoms with Crippen LogP contribution in [0.25, 0.3) is 0 Å². The molecular weight excluding hydrogens is 303 g/mol. The number of rotatable bonds is 3. The van der Waals surface area contributed by atoms with Crippen LogP contribution in [-0.2, 0) is 6.42 Å². The molecule has 2 heterocycles. The van der Waals surface area contributed by atoms with Crippen LogP contribution in [0.15, 0.2) is 22.9 Å². The Kier molecular flexibility index (Phi) is 6.37. The molecule has 0 radical (unpaired) electrons. The van der Waals surface area contributed by atoms with E-state index in [-0.39, 0.29) is 48.5 Å². The topological polar surface area (TPSA) is 82.0 Å². The number of halogens is 4. The molecule has 0 atom stereocenters. The highest BCUT2D eigenvalue weighted by Gasteiger charge is 2.12. The molecule has 19 heavy (non-hydrogen) atoms. The van der Waals surface area contributed by atoms with Crippen LogP contribution in [-0.4, -0.2) is 15.9 Å². The van der Waals surface area contributed by atoms with E-state index in [0.29, 0.717) is 6.07 Å². The molecule has 0 unspecified atom stereocenters. The van der Waals surface area contributed by atoms with Gasteiger partial charge in [-0.2, -0.15) is 0 Å². The van der Waals surface area contributed by atoms with Crippen LogP contribution in [0.1, 0.15) is 22.1 Å². The van der Waals surface area contributed by atoms with Crippen LogP contribution in [0.2, 0.25) is 0 Å². The fourth-order valence-electron chi connectivity index (χ4n) is 1.22. The largest absolute Gasteiger partial charge is 0.448 e. The Hall–Kier alpha value is -1.73. The summed E-state index contributed by atoms with van der Waals surface area (Å²) >= 11 is 0. The monoisotopic (exact) mass is 311 g/mol. The van der Waals surface area contributed by atoms with E-state index in [1.54, 1.807) is 0 Å². The molecule has 0 fully saturated rings. The molecule has 2 N–H and O–H groups in total. The van der Waals surface area contributed by atoms with Gasteiger partial charge in [-0.05, 0) is 0 Å². The Labute approximate surface area is 119 Å². The predicted molar refractivity (Wildman–Crippen MR) is 66.5 cm³/mol. The summed E-state index contributed by atoms with van der Waals surface area (Å²) in [4.78, 5) is 18.0. The van der Waals surface area contributed by atoms with Crippen molar-refractivity contribution < 1.29 is 18.0 Å². The van der Waals surface area contributed by atoms with Crippen LogP contribution in [0, 0.1) is 11.6 Å². The second-order valence-corrected chi connectivity index (χ2v) is 3.25. The normalized spacial score (nSPS) is 9.37. The molecule has 2 rings (SSSR count). The first-order valence-electron chi connectivity index (χ1n) is 4.60. The van der Waals surface area contributed by atoms with Gasteiger partial charge in [0.1, 0.15) is 17.9 Å².